The summed E-state index contributed by atoms with van der Waals surface area (Å²) in [5.74, 6) is -1.07. The molecule has 5 aromatic rings. The fourth-order valence-electron chi connectivity index (χ4n) is 3.30. The zero-order valence-corrected chi connectivity index (χ0v) is 18.4. The molecule has 0 radical (unpaired) electrons. The molecule has 3 N–H and O–H groups in total. The van der Waals surface area contributed by atoms with E-state index < -0.39 is 5.76 Å². The Labute approximate surface area is 195 Å². The normalized spacial score (nSPS) is 11.1. The summed E-state index contributed by atoms with van der Waals surface area (Å²) in [5, 5.41) is 6.65. The summed E-state index contributed by atoms with van der Waals surface area (Å²) in [5.41, 5.74) is 3.35. The number of fused-ring (bicyclic) bond motifs is 2. The Morgan fingerprint density at radius 3 is 2.67 bits per heavy atom. The number of carbonyl (C=O) groups is 2. The van der Waals surface area contributed by atoms with Crippen LogP contribution in [0, 0.1) is 0 Å². The third kappa shape index (κ3) is 4.64. The molecule has 2 amide bonds. The van der Waals surface area contributed by atoms with Gasteiger partial charge in [0, 0.05) is 22.3 Å². The number of hydrogen-bond acceptors (Lipinski definition) is 6. The first kappa shape index (κ1) is 20.9. The monoisotopic (exact) mass is 478 g/mol. The van der Waals surface area contributed by atoms with Crippen LogP contribution in [0.2, 0.25) is 5.02 Å². The molecule has 0 aliphatic heterocycles. The van der Waals surface area contributed by atoms with Crippen LogP contribution in [0.1, 0.15) is 15.9 Å². The van der Waals surface area contributed by atoms with E-state index in [0.29, 0.717) is 38.0 Å². The van der Waals surface area contributed by atoms with Gasteiger partial charge in [0.2, 0.25) is 5.91 Å². The lowest BCUT2D eigenvalue weighted by Crippen LogP contribution is -2.14. The SMILES string of the molecule is O=C(Cc1ccc(Cl)cc1)Nc1nc2ccc(C(=O)Nc3ccc4[nH]c(=O)oc4c3)cc2s1. The summed E-state index contributed by atoms with van der Waals surface area (Å²) < 4.78 is 5.78. The highest BCUT2D eigenvalue weighted by Crippen LogP contribution is 2.27. The number of hydrogen-bond donors (Lipinski definition) is 3. The van der Waals surface area contributed by atoms with Crippen molar-refractivity contribution >= 4 is 66.9 Å². The van der Waals surface area contributed by atoms with E-state index in [-0.39, 0.29) is 18.2 Å². The number of oxazole rings is 1. The number of aromatic nitrogens is 2. The Kier molecular flexibility index (Phi) is 5.41. The van der Waals surface area contributed by atoms with Crippen LogP contribution < -0.4 is 16.4 Å². The first-order valence-corrected chi connectivity index (χ1v) is 11.0. The van der Waals surface area contributed by atoms with E-state index in [1.54, 1.807) is 60.7 Å². The lowest BCUT2D eigenvalue weighted by Gasteiger charge is -2.05. The number of aromatic amines is 1. The molecule has 0 aliphatic rings. The van der Waals surface area contributed by atoms with Crippen LogP contribution in [-0.4, -0.2) is 21.8 Å². The van der Waals surface area contributed by atoms with Gasteiger partial charge in [0.1, 0.15) is 0 Å². The van der Waals surface area contributed by atoms with E-state index in [1.165, 1.54) is 11.3 Å². The van der Waals surface area contributed by atoms with Crippen molar-refractivity contribution in [1.82, 2.24) is 9.97 Å². The molecule has 0 spiro atoms. The number of amides is 2. The minimum atomic E-state index is -0.555. The van der Waals surface area contributed by atoms with Gasteiger partial charge in [-0.15, -0.1) is 0 Å². The highest BCUT2D eigenvalue weighted by atomic mass is 35.5. The van der Waals surface area contributed by atoms with E-state index in [4.69, 9.17) is 16.0 Å². The van der Waals surface area contributed by atoms with Crippen molar-refractivity contribution in [3.8, 4) is 0 Å². The third-order valence-electron chi connectivity index (χ3n) is 4.85. The lowest BCUT2D eigenvalue weighted by atomic mass is 10.1. The molecule has 10 heteroatoms. The Balaban J connectivity index is 1.29. The van der Waals surface area contributed by atoms with Gasteiger partial charge in [-0.3, -0.25) is 14.6 Å². The van der Waals surface area contributed by atoms with E-state index in [1.807, 2.05) is 0 Å². The molecule has 0 saturated heterocycles. The molecule has 8 nitrogen and oxygen atoms in total. The standard InChI is InChI=1S/C23H15ClN4O4S/c24-14-4-1-12(2-5-14)9-20(29)28-22-26-17-7-3-13(10-19(17)33-22)21(30)25-15-6-8-16-18(11-15)32-23(31)27-16/h1-8,10-11H,9H2,(H,25,30)(H,27,31)(H,26,28,29). The van der Waals surface area contributed by atoms with Crippen LogP contribution >= 0.6 is 22.9 Å². The first-order chi connectivity index (χ1) is 15.9. The maximum Gasteiger partial charge on any atom is 0.417 e. The Bertz CT molecular complexity index is 1570. The minimum absolute atomic E-state index is 0.193. The lowest BCUT2D eigenvalue weighted by molar-refractivity contribution is -0.115. The van der Waals surface area contributed by atoms with Gasteiger partial charge in [-0.25, -0.2) is 9.78 Å². The zero-order chi connectivity index (χ0) is 22.9. The molecule has 2 aromatic heterocycles. The molecule has 5 rings (SSSR count). The van der Waals surface area contributed by atoms with Gasteiger partial charge in [0.05, 0.1) is 22.2 Å². The molecule has 0 atom stereocenters. The number of nitrogens with one attached hydrogen (secondary N) is 3. The molecule has 0 saturated carbocycles. The number of rotatable bonds is 5. The summed E-state index contributed by atoms with van der Waals surface area (Å²) in [6, 6.07) is 17.1. The molecule has 33 heavy (non-hydrogen) atoms. The quantitative estimate of drug-likeness (QED) is 0.335. The Hall–Kier alpha value is -3.95. The highest BCUT2D eigenvalue weighted by molar-refractivity contribution is 7.22. The van der Waals surface area contributed by atoms with Crippen LogP contribution in [0.4, 0.5) is 10.8 Å². The molecule has 164 valence electrons. The second-order valence-corrected chi connectivity index (χ2v) is 8.70. The van der Waals surface area contributed by atoms with Crippen LogP contribution in [0.5, 0.6) is 0 Å². The fraction of sp³-hybridized carbons (Fsp3) is 0.0435. The Morgan fingerprint density at radius 2 is 1.85 bits per heavy atom. The maximum atomic E-state index is 12.7. The largest absolute Gasteiger partial charge is 0.417 e. The minimum Gasteiger partial charge on any atom is -0.408 e. The number of H-pyrrole nitrogens is 1. The van der Waals surface area contributed by atoms with Crippen molar-refractivity contribution in [3.63, 3.8) is 0 Å². The van der Waals surface area contributed by atoms with E-state index in [2.05, 4.69) is 20.6 Å². The van der Waals surface area contributed by atoms with E-state index in [9.17, 15) is 14.4 Å². The topological polar surface area (TPSA) is 117 Å². The molecule has 3 aromatic carbocycles. The maximum absolute atomic E-state index is 12.7. The number of nitrogens with zero attached hydrogens (tertiary/aromatic N) is 1. The van der Waals surface area contributed by atoms with Gasteiger partial charge in [0.15, 0.2) is 10.7 Å². The summed E-state index contributed by atoms with van der Waals surface area (Å²) in [6.07, 6.45) is 0.201. The average molecular weight is 479 g/mol. The van der Waals surface area contributed by atoms with E-state index in [0.717, 1.165) is 10.3 Å². The van der Waals surface area contributed by atoms with Crippen molar-refractivity contribution < 1.29 is 14.0 Å². The van der Waals surface area contributed by atoms with Gasteiger partial charge in [-0.1, -0.05) is 35.1 Å². The summed E-state index contributed by atoms with van der Waals surface area (Å²) in [6.45, 7) is 0. The summed E-state index contributed by atoms with van der Waals surface area (Å²) in [7, 11) is 0. The molecule has 0 unspecified atom stereocenters. The fourth-order valence-corrected chi connectivity index (χ4v) is 4.34. The number of anilines is 2. The molecular weight excluding hydrogens is 464 g/mol. The Morgan fingerprint density at radius 1 is 1.03 bits per heavy atom. The predicted molar refractivity (Wildman–Crippen MR) is 128 cm³/mol. The van der Waals surface area contributed by atoms with Crippen LogP contribution in [-0.2, 0) is 11.2 Å². The van der Waals surface area contributed by atoms with E-state index >= 15 is 0 Å². The molecule has 0 fully saturated rings. The number of thiazole rings is 1. The van der Waals surface area contributed by atoms with Crippen molar-refractivity contribution in [1.29, 1.82) is 0 Å². The summed E-state index contributed by atoms with van der Waals surface area (Å²) in [4.78, 5) is 43.3. The second-order valence-electron chi connectivity index (χ2n) is 7.23. The van der Waals surface area contributed by atoms with Gasteiger partial charge in [-0.2, -0.15) is 0 Å². The van der Waals surface area contributed by atoms with Gasteiger partial charge in [0.25, 0.3) is 5.91 Å². The van der Waals surface area contributed by atoms with Gasteiger partial charge < -0.3 is 15.1 Å². The predicted octanol–water partition coefficient (Wildman–Crippen LogP) is 4.82. The number of benzene rings is 3. The molecular formula is C23H15ClN4O4S. The highest BCUT2D eigenvalue weighted by Gasteiger charge is 2.13. The smallest absolute Gasteiger partial charge is 0.408 e. The third-order valence-corrected chi connectivity index (χ3v) is 6.04. The van der Waals surface area contributed by atoms with Crippen molar-refractivity contribution in [2.45, 2.75) is 6.42 Å². The van der Waals surface area contributed by atoms with Gasteiger partial charge in [-0.05, 0) is 48.0 Å². The molecule has 2 heterocycles. The summed E-state index contributed by atoms with van der Waals surface area (Å²) >= 11 is 7.16. The number of halogens is 1. The van der Waals surface area contributed by atoms with Crippen molar-refractivity contribution in [2.24, 2.45) is 0 Å². The van der Waals surface area contributed by atoms with Crippen LogP contribution in [0.15, 0.2) is 69.9 Å². The van der Waals surface area contributed by atoms with Crippen molar-refractivity contribution in [3.05, 3.63) is 87.4 Å². The first-order valence-electron chi connectivity index (χ1n) is 9.82. The van der Waals surface area contributed by atoms with Crippen molar-refractivity contribution in [2.75, 3.05) is 10.6 Å². The van der Waals surface area contributed by atoms with Crippen LogP contribution in [0.25, 0.3) is 21.3 Å². The van der Waals surface area contributed by atoms with Crippen LogP contribution in [0.3, 0.4) is 0 Å². The second kappa shape index (κ2) is 8.53. The molecule has 0 bridgehead atoms. The van der Waals surface area contributed by atoms with Gasteiger partial charge >= 0.3 is 5.76 Å². The number of carbonyl (C=O) groups excluding carboxylic acids is 2. The zero-order valence-electron chi connectivity index (χ0n) is 16.8. The molecule has 0 aliphatic carbocycles. The average Bonchev–Trinajstić information content (AvgIpc) is 3.35.